The molecule has 0 atom stereocenters. The average molecular weight is 448 g/mol. The number of aromatic nitrogens is 2. The molecule has 0 radical (unpaired) electrons. The van der Waals surface area contributed by atoms with Crippen molar-refractivity contribution in [2.24, 2.45) is 0 Å². The third kappa shape index (κ3) is 3.14. The van der Waals surface area contributed by atoms with Gasteiger partial charge in [-0.05, 0) is 38.1 Å². The Kier molecular flexibility index (Phi) is 4.84. The van der Waals surface area contributed by atoms with E-state index in [0.717, 1.165) is 38.3 Å². The Bertz CT molecular complexity index is 1500. The molecule has 0 bridgehead atoms. The van der Waals surface area contributed by atoms with Crippen LogP contribution in [0.2, 0.25) is 10.0 Å². The molecule has 1 amide bonds. The van der Waals surface area contributed by atoms with Gasteiger partial charge in [0.2, 0.25) is 0 Å². The Morgan fingerprint density at radius 3 is 2.61 bits per heavy atom. The van der Waals surface area contributed by atoms with E-state index in [1.54, 1.807) is 0 Å². The van der Waals surface area contributed by atoms with Crippen LogP contribution in [0.1, 0.15) is 23.0 Å². The van der Waals surface area contributed by atoms with Crippen LogP contribution in [-0.2, 0) is 0 Å². The molecule has 5 aromatic rings. The molecule has 31 heavy (non-hydrogen) atoms. The van der Waals surface area contributed by atoms with Gasteiger partial charge in [-0.15, -0.1) is 0 Å². The summed E-state index contributed by atoms with van der Waals surface area (Å²) in [5.74, 6) is 0.468. The molecule has 0 aliphatic rings. The molecule has 3 aromatic carbocycles. The van der Waals surface area contributed by atoms with Crippen molar-refractivity contribution in [2.75, 3.05) is 6.54 Å². The summed E-state index contributed by atoms with van der Waals surface area (Å²) in [5, 5.41) is 6.81. The Balaban J connectivity index is 2.07. The second kappa shape index (κ2) is 7.56. The molecule has 0 aliphatic carbocycles. The van der Waals surface area contributed by atoms with E-state index in [2.05, 4.69) is 11.4 Å². The first-order chi connectivity index (χ1) is 15.0. The Morgan fingerprint density at radius 2 is 1.84 bits per heavy atom. The molecule has 0 unspecified atom stereocenters. The lowest BCUT2D eigenvalue weighted by Gasteiger charge is -2.13. The van der Waals surface area contributed by atoms with Crippen LogP contribution >= 0.6 is 23.2 Å². The van der Waals surface area contributed by atoms with Crippen LogP contribution in [0.15, 0.2) is 60.7 Å². The van der Waals surface area contributed by atoms with Gasteiger partial charge in [0.15, 0.2) is 5.69 Å². The fraction of sp³-hybridized carbons (Fsp3) is 0.120. The van der Waals surface area contributed by atoms with E-state index in [-0.39, 0.29) is 5.91 Å². The summed E-state index contributed by atoms with van der Waals surface area (Å²) in [6, 6.07) is 19.6. The zero-order valence-electron chi connectivity index (χ0n) is 17.0. The first-order valence-electron chi connectivity index (χ1n) is 10.1. The van der Waals surface area contributed by atoms with E-state index in [1.807, 2.05) is 72.8 Å². The molecule has 2 aromatic heterocycles. The number of imidazole rings is 1. The third-order valence-corrected chi connectivity index (χ3v) is 5.99. The van der Waals surface area contributed by atoms with Crippen molar-refractivity contribution in [1.29, 1.82) is 0 Å². The molecule has 1 N–H and O–H groups in total. The lowest BCUT2D eigenvalue weighted by molar-refractivity contribution is 0.0953. The van der Waals surface area contributed by atoms with Crippen LogP contribution in [0.3, 0.4) is 0 Å². The molecule has 5 rings (SSSR count). The molecular weight excluding hydrogens is 429 g/mol. The second-order valence-electron chi connectivity index (χ2n) is 7.52. The van der Waals surface area contributed by atoms with Crippen LogP contribution in [0.4, 0.5) is 0 Å². The zero-order valence-corrected chi connectivity index (χ0v) is 18.6. The number of amides is 1. The van der Waals surface area contributed by atoms with Crippen LogP contribution in [-0.4, -0.2) is 21.8 Å². The van der Waals surface area contributed by atoms with Crippen LogP contribution in [0, 0.1) is 6.92 Å². The summed E-state index contributed by atoms with van der Waals surface area (Å²) >= 11 is 13.1. The number of nitrogens with one attached hydrogen (secondary N) is 1. The normalized spacial score (nSPS) is 11.5. The lowest BCUT2D eigenvalue weighted by atomic mass is 10.0. The molecule has 0 spiro atoms. The Hall–Kier alpha value is -3.08. The van der Waals surface area contributed by atoms with Gasteiger partial charge < -0.3 is 5.32 Å². The number of fused-ring (bicyclic) bond motifs is 6. The van der Waals surface area contributed by atoms with E-state index < -0.39 is 0 Å². The molecule has 0 fully saturated rings. The van der Waals surface area contributed by atoms with E-state index in [0.29, 0.717) is 28.1 Å². The SMILES string of the molecule is CCNC(=O)c1nc(-c2cccc(C)c2)n2c3cc(Cl)ccc3c3c(Cl)cccc3c12. The van der Waals surface area contributed by atoms with Crippen molar-refractivity contribution in [3.63, 3.8) is 0 Å². The van der Waals surface area contributed by atoms with Gasteiger partial charge in [0.1, 0.15) is 5.82 Å². The summed E-state index contributed by atoms with van der Waals surface area (Å²) in [4.78, 5) is 17.9. The minimum Gasteiger partial charge on any atom is -0.351 e. The van der Waals surface area contributed by atoms with Gasteiger partial charge in [-0.3, -0.25) is 9.20 Å². The summed E-state index contributed by atoms with van der Waals surface area (Å²) in [7, 11) is 0. The van der Waals surface area contributed by atoms with Crippen LogP contribution < -0.4 is 5.32 Å². The predicted molar refractivity (Wildman–Crippen MR) is 128 cm³/mol. The fourth-order valence-corrected chi connectivity index (χ4v) is 4.62. The number of aryl methyl sites for hydroxylation is 1. The first kappa shape index (κ1) is 19.9. The summed E-state index contributed by atoms with van der Waals surface area (Å²) in [6.45, 7) is 4.44. The number of carbonyl (C=O) groups is 1. The van der Waals surface area contributed by atoms with E-state index in [4.69, 9.17) is 28.2 Å². The van der Waals surface area contributed by atoms with Gasteiger partial charge in [-0.2, -0.15) is 0 Å². The lowest BCUT2D eigenvalue weighted by Crippen LogP contribution is -2.23. The summed E-state index contributed by atoms with van der Waals surface area (Å²) < 4.78 is 2.03. The maximum absolute atomic E-state index is 13.1. The molecule has 6 heteroatoms. The summed E-state index contributed by atoms with van der Waals surface area (Å²) in [5.41, 5.74) is 3.97. The predicted octanol–water partition coefficient (Wildman–Crippen LogP) is 6.67. The molecule has 0 saturated heterocycles. The molecule has 4 nitrogen and oxygen atoms in total. The monoisotopic (exact) mass is 447 g/mol. The first-order valence-corrected chi connectivity index (χ1v) is 10.8. The maximum atomic E-state index is 13.1. The van der Waals surface area contributed by atoms with Crippen molar-refractivity contribution in [1.82, 2.24) is 14.7 Å². The standard InChI is InChI=1S/C25H19Cl2N3O/c1-3-28-25(31)22-23-18-8-5-9-19(27)21(18)17-11-10-16(26)13-20(17)30(23)24(29-22)15-7-4-6-14(2)12-15/h4-13H,3H2,1-2H3,(H,28,31). The fourth-order valence-electron chi connectivity index (χ4n) is 4.18. The highest BCUT2D eigenvalue weighted by Crippen LogP contribution is 2.39. The zero-order chi connectivity index (χ0) is 21.7. The number of hydrogen-bond donors (Lipinski definition) is 1. The smallest absolute Gasteiger partial charge is 0.272 e. The minimum absolute atomic E-state index is 0.221. The highest BCUT2D eigenvalue weighted by molar-refractivity contribution is 6.39. The quantitative estimate of drug-likeness (QED) is 0.313. The summed E-state index contributed by atoms with van der Waals surface area (Å²) in [6.07, 6.45) is 0. The van der Waals surface area contributed by atoms with Crippen molar-refractivity contribution >= 4 is 56.3 Å². The van der Waals surface area contributed by atoms with Crippen molar-refractivity contribution in [2.45, 2.75) is 13.8 Å². The van der Waals surface area contributed by atoms with Crippen molar-refractivity contribution in [3.8, 4) is 11.4 Å². The number of benzene rings is 3. The number of carbonyl (C=O) groups excluding carboxylic acids is 1. The number of nitrogens with zero attached hydrogens (tertiary/aromatic N) is 2. The van der Waals surface area contributed by atoms with Crippen molar-refractivity contribution < 1.29 is 4.79 Å². The maximum Gasteiger partial charge on any atom is 0.272 e. The molecule has 0 saturated carbocycles. The molecular formula is C25H19Cl2N3O. The highest BCUT2D eigenvalue weighted by atomic mass is 35.5. The van der Waals surface area contributed by atoms with E-state index in [9.17, 15) is 4.79 Å². The number of pyridine rings is 1. The minimum atomic E-state index is -0.221. The van der Waals surface area contributed by atoms with Gasteiger partial charge in [-0.25, -0.2) is 4.98 Å². The second-order valence-corrected chi connectivity index (χ2v) is 8.36. The Labute approximate surface area is 189 Å². The van der Waals surface area contributed by atoms with E-state index >= 15 is 0 Å². The van der Waals surface area contributed by atoms with Crippen LogP contribution in [0.25, 0.3) is 38.6 Å². The van der Waals surface area contributed by atoms with Gasteiger partial charge in [0.25, 0.3) is 5.91 Å². The molecule has 154 valence electrons. The van der Waals surface area contributed by atoms with Gasteiger partial charge in [0, 0.05) is 38.3 Å². The average Bonchev–Trinajstić information content (AvgIpc) is 3.15. The van der Waals surface area contributed by atoms with Gasteiger partial charge >= 0.3 is 0 Å². The Morgan fingerprint density at radius 1 is 1.03 bits per heavy atom. The number of rotatable bonds is 3. The van der Waals surface area contributed by atoms with Crippen LogP contribution in [0.5, 0.6) is 0 Å². The number of halogens is 2. The molecule has 0 aliphatic heterocycles. The highest BCUT2D eigenvalue weighted by Gasteiger charge is 2.23. The largest absolute Gasteiger partial charge is 0.351 e. The van der Waals surface area contributed by atoms with Gasteiger partial charge in [0.05, 0.1) is 11.0 Å². The van der Waals surface area contributed by atoms with E-state index in [1.165, 1.54) is 0 Å². The van der Waals surface area contributed by atoms with Crippen molar-refractivity contribution in [3.05, 3.63) is 82.0 Å². The number of hydrogen-bond acceptors (Lipinski definition) is 2. The molecule has 2 heterocycles. The van der Waals surface area contributed by atoms with Gasteiger partial charge in [-0.1, -0.05) is 65.2 Å². The third-order valence-electron chi connectivity index (χ3n) is 5.44. The topological polar surface area (TPSA) is 46.4 Å².